The lowest BCUT2D eigenvalue weighted by Gasteiger charge is -2.24. The normalized spacial score (nSPS) is 15.4. The van der Waals surface area contributed by atoms with E-state index in [0.717, 1.165) is 12.0 Å². The molecule has 20 heavy (non-hydrogen) atoms. The van der Waals surface area contributed by atoms with Crippen LogP contribution in [0.1, 0.15) is 25.8 Å². The molecule has 0 aliphatic rings. The van der Waals surface area contributed by atoms with Crippen molar-refractivity contribution in [3.05, 3.63) is 33.9 Å². The molecule has 0 saturated carbocycles. The molecule has 0 aliphatic carbocycles. The minimum Gasteiger partial charge on any atom is -0.425 e. The first-order valence-electron chi connectivity index (χ1n) is 6.19. The Balaban J connectivity index is 3.09. The quantitative estimate of drug-likeness (QED) is 0.471. The highest BCUT2D eigenvalue weighted by Crippen LogP contribution is 2.47. The minimum absolute atomic E-state index is 0.102. The largest absolute Gasteiger partial charge is 0.425 e. The first-order valence-corrected chi connectivity index (χ1v) is 8.83. The Morgan fingerprint density at radius 3 is 2.70 bits per heavy atom. The Morgan fingerprint density at radius 2 is 2.20 bits per heavy atom. The molecule has 0 bridgehead atoms. The number of hydrogen-bond acceptors (Lipinski definition) is 5. The van der Waals surface area contributed by atoms with Crippen molar-refractivity contribution in [2.75, 3.05) is 7.11 Å². The summed E-state index contributed by atoms with van der Waals surface area (Å²) in [5.41, 5.74) is 0.736. The monoisotopic (exact) mass is 318 g/mol. The van der Waals surface area contributed by atoms with E-state index in [-0.39, 0.29) is 17.5 Å². The summed E-state index contributed by atoms with van der Waals surface area (Å²) in [5, 5.41) is 14.1. The number of aryl methyl sites for hydroxylation is 1. The highest BCUT2D eigenvalue weighted by Gasteiger charge is 2.25. The van der Waals surface area contributed by atoms with E-state index in [1.54, 1.807) is 12.1 Å². The standard InChI is InChI=1S/C12H19N2O4PS/c1-5-10(3)13-19(20,17-4)18-12-8-9(2)6-7-11(12)14(15)16/h6-8,10H,5H2,1-4H3,(H,13,20). The number of nitro benzene ring substituents is 1. The lowest BCUT2D eigenvalue weighted by molar-refractivity contribution is -0.385. The van der Waals surface area contributed by atoms with Gasteiger partial charge in [0.2, 0.25) is 5.75 Å². The van der Waals surface area contributed by atoms with E-state index in [4.69, 9.17) is 20.9 Å². The smallest absolute Gasteiger partial charge is 0.313 e. The number of benzene rings is 1. The predicted molar refractivity (Wildman–Crippen MR) is 82.6 cm³/mol. The topological polar surface area (TPSA) is 73.6 Å². The summed E-state index contributed by atoms with van der Waals surface area (Å²) in [7, 11) is 1.44. The fraction of sp³-hybridized carbons (Fsp3) is 0.500. The van der Waals surface area contributed by atoms with E-state index in [1.165, 1.54) is 13.2 Å². The van der Waals surface area contributed by atoms with Crippen molar-refractivity contribution < 1.29 is 14.0 Å². The Kier molecular flexibility index (Phi) is 6.07. The zero-order chi connectivity index (χ0) is 15.3. The summed E-state index contributed by atoms with van der Waals surface area (Å²) < 4.78 is 10.9. The molecule has 0 radical (unpaired) electrons. The molecule has 0 fully saturated rings. The van der Waals surface area contributed by atoms with Crippen molar-refractivity contribution >= 4 is 24.1 Å². The van der Waals surface area contributed by atoms with Gasteiger partial charge in [-0.05, 0) is 43.7 Å². The molecule has 2 unspecified atom stereocenters. The van der Waals surface area contributed by atoms with E-state index in [9.17, 15) is 10.1 Å². The van der Waals surface area contributed by atoms with Gasteiger partial charge in [0, 0.05) is 19.2 Å². The van der Waals surface area contributed by atoms with Crippen LogP contribution >= 0.6 is 6.64 Å². The van der Waals surface area contributed by atoms with E-state index in [1.807, 2.05) is 20.8 Å². The zero-order valence-electron chi connectivity index (χ0n) is 12.0. The Hall–Kier alpha value is -1.01. The van der Waals surface area contributed by atoms with Crippen LogP contribution in [-0.4, -0.2) is 18.1 Å². The first kappa shape index (κ1) is 17.0. The summed E-state index contributed by atoms with van der Waals surface area (Å²) in [6.07, 6.45) is 0.848. The first-order chi connectivity index (χ1) is 9.31. The third-order valence-electron chi connectivity index (χ3n) is 2.76. The van der Waals surface area contributed by atoms with Crippen LogP contribution in [0.15, 0.2) is 18.2 Å². The van der Waals surface area contributed by atoms with Gasteiger partial charge in [-0.15, -0.1) is 0 Å². The Bertz CT molecular complexity index is 538. The zero-order valence-corrected chi connectivity index (χ0v) is 13.7. The molecule has 2 atom stereocenters. The molecule has 1 N–H and O–H groups in total. The van der Waals surface area contributed by atoms with Crippen LogP contribution in [0.25, 0.3) is 0 Å². The highest BCUT2D eigenvalue weighted by atomic mass is 32.5. The van der Waals surface area contributed by atoms with Crippen LogP contribution < -0.4 is 9.61 Å². The molecule has 0 heterocycles. The molecule has 1 rings (SSSR count). The van der Waals surface area contributed by atoms with Crippen LogP contribution in [0.4, 0.5) is 5.69 Å². The van der Waals surface area contributed by atoms with Gasteiger partial charge in [-0.25, -0.2) is 5.09 Å². The minimum atomic E-state index is -2.80. The molecular weight excluding hydrogens is 299 g/mol. The lowest BCUT2D eigenvalue weighted by Crippen LogP contribution is -2.25. The second kappa shape index (κ2) is 7.13. The van der Waals surface area contributed by atoms with Gasteiger partial charge in [0.15, 0.2) is 0 Å². The van der Waals surface area contributed by atoms with Gasteiger partial charge in [0.1, 0.15) is 0 Å². The second-order valence-corrected chi connectivity index (χ2v) is 7.68. The SMILES string of the molecule is CCC(C)NP(=S)(OC)Oc1cc(C)ccc1[N+](=O)[O-]. The van der Waals surface area contributed by atoms with Crippen molar-refractivity contribution in [1.82, 2.24) is 5.09 Å². The molecule has 1 aromatic carbocycles. The number of nitrogens with zero attached hydrogens (tertiary/aromatic N) is 1. The van der Waals surface area contributed by atoms with Crippen molar-refractivity contribution in [3.63, 3.8) is 0 Å². The van der Waals surface area contributed by atoms with Crippen LogP contribution in [0.5, 0.6) is 5.75 Å². The molecule has 0 spiro atoms. The number of nitro groups is 1. The lowest BCUT2D eigenvalue weighted by atomic mass is 10.2. The molecule has 6 nitrogen and oxygen atoms in total. The molecular formula is C12H19N2O4PS. The molecule has 0 aromatic heterocycles. The predicted octanol–water partition coefficient (Wildman–Crippen LogP) is 3.54. The molecule has 0 saturated heterocycles. The summed E-state index contributed by atoms with van der Waals surface area (Å²) >= 11 is 5.35. The Labute approximate surface area is 123 Å². The number of rotatable bonds is 7. The van der Waals surface area contributed by atoms with Crippen LogP contribution in [0, 0.1) is 17.0 Å². The molecule has 8 heteroatoms. The molecule has 1 aromatic rings. The summed E-state index contributed by atoms with van der Waals surface area (Å²) in [6.45, 7) is 2.98. The van der Waals surface area contributed by atoms with Gasteiger partial charge < -0.3 is 9.05 Å². The molecule has 0 amide bonds. The van der Waals surface area contributed by atoms with E-state index in [2.05, 4.69) is 5.09 Å². The van der Waals surface area contributed by atoms with Crippen molar-refractivity contribution in [2.45, 2.75) is 33.2 Å². The fourth-order valence-electron chi connectivity index (χ4n) is 1.45. The maximum absolute atomic E-state index is 11.0. The van der Waals surface area contributed by atoms with Crippen molar-refractivity contribution in [3.8, 4) is 5.75 Å². The summed E-state index contributed by atoms with van der Waals surface area (Å²) in [5.74, 6) is 0.135. The van der Waals surface area contributed by atoms with Crippen molar-refractivity contribution in [2.24, 2.45) is 0 Å². The van der Waals surface area contributed by atoms with Crippen LogP contribution in [0.2, 0.25) is 0 Å². The van der Waals surface area contributed by atoms with Gasteiger partial charge >= 0.3 is 12.3 Å². The highest BCUT2D eigenvalue weighted by molar-refractivity contribution is 8.09. The average Bonchev–Trinajstić information content (AvgIpc) is 2.38. The second-order valence-electron chi connectivity index (χ2n) is 4.44. The van der Waals surface area contributed by atoms with Gasteiger partial charge in [-0.1, -0.05) is 13.0 Å². The third kappa shape index (κ3) is 4.52. The maximum Gasteiger partial charge on any atom is 0.313 e. The van der Waals surface area contributed by atoms with Gasteiger partial charge in [-0.2, -0.15) is 0 Å². The third-order valence-corrected chi connectivity index (χ3v) is 5.42. The fourth-order valence-corrected chi connectivity index (χ4v) is 3.59. The van der Waals surface area contributed by atoms with Crippen LogP contribution in [-0.2, 0) is 16.3 Å². The van der Waals surface area contributed by atoms with E-state index in [0.29, 0.717) is 0 Å². The van der Waals surface area contributed by atoms with Gasteiger partial charge in [0.25, 0.3) is 0 Å². The number of hydrogen-bond donors (Lipinski definition) is 1. The van der Waals surface area contributed by atoms with E-state index >= 15 is 0 Å². The summed E-state index contributed by atoms with van der Waals surface area (Å²) in [6, 6.07) is 4.76. The maximum atomic E-state index is 11.0. The molecule has 112 valence electrons. The van der Waals surface area contributed by atoms with Gasteiger partial charge in [-0.3, -0.25) is 10.1 Å². The van der Waals surface area contributed by atoms with Gasteiger partial charge in [0.05, 0.1) is 4.92 Å². The average molecular weight is 318 g/mol. The van der Waals surface area contributed by atoms with Crippen LogP contribution in [0.3, 0.4) is 0 Å². The summed E-state index contributed by atoms with van der Waals surface area (Å²) in [4.78, 5) is 10.5. The molecule has 0 aliphatic heterocycles. The van der Waals surface area contributed by atoms with E-state index < -0.39 is 11.6 Å². The number of nitrogens with one attached hydrogen (secondary N) is 1. The van der Waals surface area contributed by atoms with Crippen molar-refractivity contribution in [1.29, 1.82) is 0 Å². The Morgan fingerprint density at radius 1 is 1.55 bits per heavy atom.